The molecule has 0 aliphatic heterocycles. The molecule has 0 N–H and O–H groups in total. The molecule has 2 heteroatoms. The summed E-state index contributed by atoms with van der Waals surface area (Å²) in [4.78, 5) is 11.5. The number of Topliss-reactive ketones (excluding diaryl/α,β-unsaturated/α-hetero) is 1. The number of ketones is 1. The van der Waals surface area contributed by atoms with Crippen molar-refractivity contribution in [1.82, 2.24) is 0 Å². The smallest absolute Gasteiger partial charge is 0.160 e. The molecule has 0 aromatic heterocycles. The van der Waals surface area contributed by atoms with Crippen LogP contribution in [0.3, 0.4) is 0 Å². The Hall–Kier alpha value is -1.42. The number of halogens is 1. The van der Waals surface area contributed by atoms with Crippen LogP contribution in [0.15, 0.2) is 30.3 Å². The van der Waals surface area contributed by atoms with Gasteiger partial charge in [-0.1, -0.05) is 42.5 Å². The Morgan fingerprint density at radius 1 is 0.947 bits per heavy atom. The number of carbonyl (C=O) groups excluding carboxylic acids is 1. The SMILES string of the molecule is I.O=C1C=c2ccc3c4c(ccc3c2=CC1)C=CC4. The van der Waals surface area contributed by atoms with E-state index in [1.165, 1.54) is 27.1 Å². The molecule has 0 unspecified atom stereocenters. The van der Waals surface area contributed by atoms with Gasteiger partial charge in [0.25, 0.3) is 0 Å². The molecule has 94 valence electrons. The van der Waals surface area contributed by atoms with Gasteiger partial charge in [0.15, 0.2) is 5.78 Å². The summed E-state index contributed by atoms with van der Waals surface area (Å²) < 4.78 is 0. The van der Waals surface area contributed by atoms with Crippen LogP contribution in [-0.2, 0) is 11.2 Å². The van der Waals surface area contributed by atoms with Crippen LogP contribution in [0.4, 0.5) is 0 Å². The van der Waals surface area contributed by atoms with E-state index in [0.29, 0.717) is 6.42 Å². The molecule has 0 spiro atoms. The van der Waals surface area contributed by atoms with Crippen molar-refractivity contribution in [3.63, 3.8) is 0 Å². The zero-order chi connectivity index (χ0) is 12.1. The average molecular weight is 360 g/mol. The van der Waals surface area contributed by atoms with Gasteiger partial charge >= 0.3 is 0 Å². The Bertz CT molecular complexity index is 844. The molecule has 0 atom stereocenters. The summed E-state index contributed by atoms with van der Waals surface area (Å²) in [6.07, 6.45) is 9.78. The summed E-state index contributed by atoms with van der Waals surface area (Å²) in [6, 6.07) is 8.60. The zero-order valence-electron chi connectivity index (χ0n) is 10.3. The number of rotatable bonds is 0. The topological polar surface area (TPSA) is 17.1 Å². The van der Waals surface area contributed by atoms with E-state index in [1.54, 1.807) is 6.08 Å². The van der Waals surface area contributed by atoms with Crippen LogP contribution in [0, 0.1) is 0 Å². The van der Waals surface area contributed by atoms with Gasteiger partial charge in [0.1, 0.15) is 0 Å². The molecule has 0 amide bonds. The molecule has 0 heterocycles. The van der Waals surface area contributed by atoms with E-state index >= 15 is 0 Å². The van der Waals surface area contributed by atoms with E-state index in [0.717, 1.165) is 11.6 Å². The Balaban J connectivity index is 0.00000110. The maximum atomic E-state index is 11.5. The molecular formula is C17H13IO. The summed E-state index contributed by atoms with van der Waals surface area (Å²) in [5.41, 5.74) is 2.75. The first-order valence-electron chi connectivity index (χ1n) is 6.29. The molecule has 2 aliphatic carbocycles. The predicted octanol–water partition coefficient (Wildman–Crippen LogP) is 2.56. The van der Waals surface area contributed by atoms with E-state index in [2.05, 4.69) is 42.5 Å². The van der Waals surface area contributed by atoms with E-state index in [-0.39, 0.29) is 29.8 Å². The second kappa shape index (κ2) is 4.60. The van der Waals surface area contributed by atoms with Crippen LogP contribution in [0.2, 0.25) is 0 Å². The standard InChI is InChI=1S/C17H12O.HI/c18-13-6-9-15-12(10-13)5-8-16-14-3-1-2-11(14)4-7-17(15)16;/h1-2,4-5,7-10H,3,6H2;1H. The highest BCUT2D eigenvalue weighted by molar-refractivity contribution is 14.0. The number of benzene rings is 2. The molecule has 0 radical (unpaired) electrons. The van der Waals surface area contributed by atoms with Crippen molar-refractivity contribution >= 4 is 58.8 Å². The third kappa shape index (κ3) is 1.86. The van der Waals surface area contributed by atoms with Crippen molar-refractivity contribution in [3.05, 3.63) is 51.9 Å². The molecule has 0 bridgehead atoms. The number of fused-ring (bicyclic) bond motifs is 5. The van der Waals surface area contributed by atoms with Crippen LogP contribution in [0.1, 0.15) is 17.5 Å². The van der Waals surface area contributed by atoms with Crippen LogP contribution in [0.5, 0.6) is 0 Å². The minimum Gasteiger partial charge on any atom is -0.294 e. The van der Waals surface area contributed by atoms with Crippen LogP contribution >= 0.6 is 24.0 Å². The maximum absolute atomic E-state index is 11.5. The maximum Gasteiger partial charge on any atom is 0.160 e. The molecule has 2 aliphatic rings. The highest BCUT2D eigenvalue weighted by atomic mass is 127. The van der Waals surface area contributed by atoms with Gasteiger partial charge in [-0.05, 0) is 44.8 Å². The van der Waals surface area contributed by atoms with E-state index in [4.69, 9.17) is 0 Å². The first kappa shape index (κ1) is 12.6. The summed E-state index contributed by atoms with van der Waals surface area (Å²) >= 11 is 0. The van der Waals surface area contributed by atoms with Gasteiger partial charge in [-0.25, -0.2) is 0 Å². The second-order valence-electron chi connectivity index (χ2n) is 4.92. The van der Waals surface area contributed by atoms with Crippen molar-refractivity contribution in [3.8, 4) is 0 Å². The number of allylic oxidation sites excluding steroid dienone is 1. The van der Waals surface area contributed by atoms with Crippen LogP contribution in [-0.4, -0.2) is 5.78 Å². The monoisotopic (exact) mass is 360 g/mol. The lowest BCUT2D eigenvalue weighted by Gasteiger charge is -2.08. The number of hydrogen-bond acceptors (Lipinski definition) is 1. The van der Waals surface area contributed by atoms with Crippen LogP contribution < -0.4 is 10.4 Å². The van der Waals surface area contributed by atoms with Crippen molar-refractivity contribution in [2.75, 3.05) is 0 Å². The molecule has 4 rings (SSSR count). The fraction of sp³-hybridized carbons (Fsp3) is 0.118. The normalized spacial score (nSPS) is 15.3. The van der Waals surface area contributed by atoms with Gasteiger partial charge in [-0.15, -0.1) is 24.0 Å². The lowest BCUT2D eigenvalue weighted by molar-refractivity contribution is -0.112. The van der Waals surface area contributed by atoms with Crippen LogP contribution in [0.25, 0.3) is 29.0 Å². The molecule has 0 saturated heterocycles. The Morgan fingerprint density at radius 3 is 2.68 bits per heavy atom. The van der Waals surface area contributed by atoms with Crippen molar-refractivity contribution in [1.29, 1.82) is 0 Å². The predicted molar refractivity (Wildman–Crippen MR) is 89.9 cm³/mol. The summed E-state index contributed by atoms with van der Waals surface area (Å²) in [7, 11) is 0. The molecule has 1 nitrogen and oxygen atoms in total. The summed E-state index contributed by atoms with van der Waals surface area (Å²) in [5, 5.41) is 4.89. The Morgan fingerprint density at radius 2 is 1.79 bits per heavy atom. The third-order valence-electron chi connectivity index (χ3n) is 3.87. The minimum absolute atomic E-state index is 0. The quantitative estimate of drug-likeness (QED) is 0.660. The fourth-order valence-electron chi connectivity index (χ4n) is 3.00. The molecule has 2 aromatic rings. The highest BCUT2D eigenvalue weighted by Crippen LogP contribution is 2.26. The second-order valence-corrected chi connectivity index (χ2v) is 4.92. The van der Waals surface area contributed by atoms with Gasteiger partial charge in [0.2, 0.25) is 0 Å². The number of carbonyl (C=O) groups is 1. The molecular weight excluding hydrogens is 347 g/mol. The average Bonchev–Trinajstić information content (AvgIpc) is 2.86. The van der Waals surface area contributed by atoms with Gasteiger partial charge < -0.3 is 0 Å². The van der Waals surface area contributed by atoms with Gasteiger partial charge in [-0.2, -0.15) is 0 Å². The van der Waals surface area contributed by atoms with Gasteiger partial charge in [0, 0.05) is 6.42 Å². The zero-order valence-corrected chi connectivity index (χ0v) is 12.7. The van der Waals surface area contributed by atoms with E-state index in [1.807, 2.05) is 0 Å². The molecule has 0 saturated carbocycles. The lowest BCUT2D eigenvalue weighted by atomic mass is 9.95. The summed E-state index contributed by atoms with van der Waals surface area (Å²) in [6.45, 7) is 0. The Kier molecular flexibility index (Phi) is 3.05. The van der Waals surface area contributed by atoms with Crippen molar-refractivity contribution in [2.45, 2.75) is 12.8 Å². The molecule has 2 aromatic carbocycles. The highest BCUT2D eigenvalue weighted by Gasteiger charge is 2.11. The molecule has 19 heavy (non-hydrogen) atoms. The van der Waals surface area contributed by atoms with E-state index < -0.39 is 0 Å². The lowest BCUT2D eigenvalue weighted by Crippen LogP contribution is -2.29. The Labute approximate surface area is 128 Å². The third-order valence-corrected chi connectivity index (χ3v) is 3.87. The largest absolute Gasteiger partial charge is 0.294 e. The number of hydrogen-bond donors (Lipinski definition) is 0. The molecule has 0 fully saturated rings. The first-order chi connectivity index (χ1) is 8.83. The van der Waals surface area contributed by atoms with E-state index in [9.17, 15) is 4.79 Å². The minimum atomic E-state index is 0. The van der Waals surface area contributed by atoms with Gasteiger partial charge in [-0.3, -0.25) is 4.79 Å². The van der Waals surface area contributed by atoms with Crippen molar-refractivity contribution < 1.29 is 4.79 Å². The van der Waals surface area contributed by atoms with Crippen molar-refractivity contribution in [2.24, 2.45) is 0 Å². The van der Waals surface area contributed by atoms with Gasteiger partial charge in [0.05, 0.1) is 0 Å². The first-order valence-corrected chi connectivity index (χ1v) is 6.29. The summed E-state index contributed by atoms with van der Waals surface area (Å²) in [5.74, 6) is 0.199. The fourth-order valence-corrected chi connectivity index (χ4v) is 3.00.